The Bertz CT molecular complexity index is 1060. The molecule has 0 heterocycles. The summed E-state index contributed by atoms with van der Waals surface area (Å²) in [7, 11) is -2.32. The van der Waals surface area contributed by atoms with Crippen LogP contribution in [0.5, 0.6) is 0 Å². The molecule has 1 atom stereocenters. The number of nitrogens with one attached hydrogen (secondary N) is 1. The van der Waals surface area contributed by atoms with E-state index in [2.05, 4.69) is 5.32 Å². The Morgan fingerprint density at radius 1 is 1.06 bits per heavy atom. The molecule has 7 nitrogen and oxygen atoms in total. The highest BCUT2D eigenvalue weighted by molar-refractivity contribution is 7.92. The van der Waals surface area contributed by atoms with E-state index in [1.165, 1.54) is 11.9 Å². The first-order valence-corrected chi connectivity index (χ1v) is 12.0. The predicted molar refractivity (Wildman–Crippen MR) is 124 cm³/mol. The quantitative estimate of drug-likeness (QED) is 0.621. The zero-order valence-corrected chi connectivity index (χ0v) is 20.1. The van der Waals surface area contributed by atoms with Gasteiger partial charge in [0.15, 0.2) is 0 Å². The second-order valence-electron chi connectivity index (χ2n) is 7.07. The lowest BCUT2D eigenvalue weighted by molar-refractivity contribution is -0.139. The highest BCUT2D eigenvalue weighted by Gasteiger charge is 2.30. The second kappa shape index (κ2) is 10.3. The van der Waals surface area contributed by atoms with E-state index in [1.54, 1.807) is 56.3 Å². The van der Waals surface area contributed by atoms with Gasteiger partial charge in [-0.3, -0.25) is 13.9 Å². The number of carbonyl (C=O) groups is 2. The fraction of sp³-hybridized carbons (Fsp3) is 0.333. The number of anilines is 1. The largest absolute Gasteiger partial charge is 0.357 e. The van der Waals surface area contributed by atoms with Crippen molar-refractivity contribution in [2.24, 2.45) is 0 Å². The molecule has 0 fully saturated rings. The average molecular weight is 486 g/mol. The summed E-state index contributed by atoms with van der Waals surface area (Å²) in [6, 6.07) is 10.9. The Balaban J connectivity index is 2.46. The van der Waals surface area contributed by atoms with Crippen LogP contribution in [-0.4, -0.2) is 51.0 Å². The summed E-state index contributed by atoms with van der Waals surface area (Å²) in [5.41, 5.74) is 1.55. The van der Waals surface area contributed by atoms with Gasteiger partial charge in [0.25, 0.3) is 0 Å². The van der Waals surface area contributed by atoms with Gasteiger partial charge in [0.05, 0.1) is 11.9 Å². The lowest BCUT2D eigenvalue weighted by atomic mass is 10.1. The number of rotatable bonds is 8. The van der Waals surface area contributed by atoms with Crippen molar-refractivity contribution in [3.63, 3.8) is 0 Å². The SMILES string of the molecule is CNC(=O)[C@@H](C)N(Cc1c(Cl)cccc1Cl)C(=O)CN(c1ccccc1C)S(C)(=O)=O. The molecule has 168 valence electrons. The minimum atomic E-state index is -3.78. The van der Waals surface area contributed by atoms with E-state index in [9.17, 15) is 18.0 Å². The third-order valence-electron chi connectivity index (χ3n) is 4.87. The Labute approximate surface area is 193 Å². The first kappa shape index (κ1) is 25.0. The standard InChI is InChI=1S/C21H25Cl2N3O4S/c1-14-8-5-6-11-19(14)26(31(4,29)30)13-20(27)25(15(2)21(28)24-3)12-16-17(22)9-7-10-18(16)23/h5-11,15H,12-13H2,1-4H3,(H,24,28)/t15-/m1/s1. The lowest BCUT2D eigenvalue weighted by Gasteiger charge is -2.32. The van der Waals surface area contributed by atoms with Gasteiger partial charge in [0.1, 0.15) is 12.6 Å². The van der Waals surface area contributed by atoms with Crippen molar-refractivity contribution in [2.75, 3.05) is 24.2 Å². The predicted octanol–water partition coefficient (Wildman–Crippen LogP) is 3.23. The molecule has 0 saturated heterocycles. The molecule has 2 rings (SSSR count). The van der Waals surface area contributed by atoms with E-state index in [0.29, 0.717) is 26.9 Å². The van der Waals surface area contributed by atoms with Crippen molar-refractivity contribution >= 4 is 50.7 Å². The molecular weight excluding hydrogens is 461 g/mol. The number of hydrogen-bond acceptors (Lipinski definition) is 4. The maximum Gasteiger partial charge on any atom is 0.244 e. The Morgan fingerprint density at radius 3 is 2.16 bits per heavy atom. The number of carbonyl (C=O) groups excluding carboxylic acids is 2. The van der Waals surface area contributed by atoms with Crippen LogP contribution in [0.1, 0.15) is 18.1 Å². The van der Waals surface area contributed by atoms with Gasteiger partial charge >= 0.3 is 0 Å². The first-order chi connectivity index (χ1) is 14.5. The van der Waals surface area contributed by atoms with Crippen LogP contribution in [0.4, 0.5) is 5.69 Å². The zero-order chi connectivity index (χ0) is 23.3. The summed E-state index contributed by atoms with van der Waals surface area (Å²) < 4.78 is 26.0. The van der Waals surface area contributed by atoms with E-state index >= 15 is 0 Å². The molecule has 0 saturated carbocycles. The van der Waals surface area contributed by atoms with Crippen molar-refractivity contribution in [1.82, 2.24) is 10.2 Å². The maximum absolute atomic E-state index is 13.3. The van der Waals surface area contributed by atoms with Gasteiger partial charge in [-0.05, 0) is 37.6 Å². The molecule has 1 N–H and O–H groups in total. The summed E-state index contributed by atoms with van der Waals surface area (Å²) >= 11 is 12.5. The summed E-state index contributed by atoms with van der Waals surface area (Å²) in [6.45, 7) is 2.77. The molecule has 0 aliphatic carbocycles. The number of para-hydroxylation sites is 1. The topological polar surface area (TPSA) is 86.8 Å². The van der Waals surface area contributed by atoms with E-state index in [-0.39, 0.29) is 6.54 Å². The molecule has 10 heteroatoms. The number of benzene rings is 2. The monoisotopic (exact) mass is 485 g/mol. The molecule has 0 spiro atoms. The molecule has 2 amide bonds. The normalized spacial score (nSPS) is 12.2. The second-order valence-corrected chi connectivity index (χ2v) is 9.79. The molecule has 0 aromatic heterocycles. The van der Waals surface area contributed by atoms with Crippen molar-refractivity contribution in [3.05, 3.63) is 63.6 Å². The van der Waals surface area contributed by atoms with E-state index in [0.717, 1.165) is 10.6 Å². The molecule has 0 radical (unpaired) electrons. The number of nitrogens with zero attached hydrogens (tertiary/aromatic N) is 2. The fourth-order valence-corrected chi connectivity index (χ4v) is 4.51. The molecule has 0 aliphatic heterocycles. The van der Waals surface area contributed by atoms with E-state index < -0.39 is 34.4 Å². The van der Waals surface area contributed by atoms with Crippen LogP contribution >= 0.6 is 23.2 Å². The summed E-state index contributed by atoms with van der Waals surface area (Å²) in [4.78, 5) is 26.9. The highest BCUT2D eigenvalue weighted by Crippen LogP contribution is 2.27. The molecular formula is C21H25Cl2N3O4S. The molecule has 0 unspecified atom stereocenters. The number of halogens is 2. The van der Waals surface area contributed by atoms with Gasteiger partial charge in [-0.25, -0.2) is 8.42 Å². The Hall–Kier alpha value is -2.29. The Kier molecular flexibility index (Phi) is 8.34. The van der Waals surface area contributed by atoms with Crippen molar-refractivity contribution in [2.45, 2.75) is 26.4 Å². The minimum absolute atomic E-state index is 0.0582. The van der Waals surface area contributed by atoms with Crippen molar-refractivity contribution in [1.29, 1.82) is 0 Å². The first-order valence-electron chi connectivity index (χ1n) is 9.44. The van der Waals surface area contributed by atoms with Gasteiger partial charge in [0, 0.05) is 29.2 Å². The smallest absolute Gasteiger partial charge is 0.244 e. The number of hydrogen-bond donors (Lipinski definition) is 1. The van der Waals surface area contributed by atoms with Gasteiger partial charge < -0.3 is 10.2 Å². The summed E-state index contributed by atoms with van der Waals surface area (Å²) in [5, 5.41) is 3.19. The molecule has 0 bridgehead atoms. The molecule has 0 aliphatic rings. The van der Waals surface area contributed by atoms with Gasteiger partial charge in [0.2, 0.25) is 21.8 Å². The molecule has 2 aromatic carbocycles. The summed E-state index contributed by atoms with van der Waals surface area (Å²) in [6.07, 6.45) is 1.03. The zero-order valence-electron chi connectivity index (χ0n) is 17.7. The van der Waals surface area contributed by atoms with Crippen LogP contribution in [-0.2, 0) is 26.2 Å². The van der Waals surface area contributed by atoms with Crippen LogP contribution in [0.25, 0.3) is 0 Å². The van der Waals surface area contributed by atoms with Crippen LogP contribution in [0.2, 0.25) is 10.0 Å². The van der Waals surface area contributed by atoms with Crippen LogP contribution in [0.15, 0.2) is 42.5 Å². The Morgan fingerprint density at radius 2 is 1.65 bits per heavy atom. The third-order valence-corrected chi connectivity index (χ3v) is 6.70. The van der Waals surface area contributed by atoms with Crippen LogP contribution < -0.4 is 9.62 Å². The van der Waals surface area contributed by atoms with Crippen molar-refractivity contribution < 1.29 is 18.0 Å². The van der Waals surface area contributed by atoms with E-state index in [1.807, 2.05) is 0 Å². The fourth-order valence-electron chi connectivity index (χ4n) is 3.08. The number of amides is 2. The van der Waals surface area contributed by atoms with Crippen molar-refractivity contribution in [3.8, 4) is 0 Å². The number of aryl methyl sites for hydroxylation is 1. The maximum atomic E-state index is 13.3. The van der Waals surface area contributed by atoms with E-state index in [4.69, 9.17) is 23.2 Å². The lowest BCUT2D eigenvalue weighted by Crippen LogP contribution is -2.50. The van der Waals surface area contributed by atoms with Crippen LogP contribution in [0, 0.1) is 6.92 Å². The van der Waals surface area contributed by atoms with Gasteiger partial charge in [-0.15, -0.1) is 0 Å². The molecule has 2 aromatic rings. The third kappa shape index (κ3) is 6.12. The molecule has 31 heavy (non-hydrogen) atoms. The minimum Gasteiger partial charge on any atom is -0.357 e. The van der Waals surface area contributed by atoms with Gasteiger partial charge in [-0.2, -0.15) is 0 Å². The van der Waals surface area contributed by atoms with Crippen LogP contribution in [0.3, 0.4) is 0 Å². The summed E-state index contributed by atoms with van der Waals surface area (Å²) in [5.74, 6) is -0.973. The average Bonchev–Trinajstić information content (AvgIpc) is 2.70. The number of sulfonamides is 1. The highest BCUT2D eigenvalue weighted by atomic mass is 35.5. The van der Waals surface area contributed by atoms with Gasteiger partial charge in [-0.1, -0.05) is 47.5 Å². The number of likely N-dealkylation sites (N-methyl/N-ethyl adjacent to an activating group) is 1.